The third-order valence-electron chi connectivity index (χ3n) is 3.68. The van der Waals surface area contributed by atoms with Crippen LogP contribution in [-0.2, 0) is 4.79 Å². The van der Waals surface area contributed by atoms with Crippen molar-refractivity contribution < 1.29 is 22.7 Å². The van der Waals surface area contributed by atoms with E-state index in [4.69, 9.17) is 4.42 Å². The maximum absolute atomic E-state index is 12.5. The van der Waals surface area contributed by atoms with Gasteiger partial charge in [-0.3, -0.25) is 4.79 Å². The van der Waals surface area contributed by atoms with Gasteiger partial charge >= 0.3 is 6.61 Å². The van der Waals surface area contributed by atoms with Crippen molar-refractivity contribution in [3.8, 4) is 17.2 Å². The summed E-state index contributed by atoms with van der Waals surface area (Å²) in [5.74, 6) is -0.164. The Kier molecular flexibility index (Phi) is 6.25. The molecule has 1 amide bonds. The maximum Gasteiger partial charge on any atom is 0.387 e. The predicted octanol–water partition coefficient (Wildman–Crippen LogP) is 4.77. The lowest BCUT2D eigenvalue weighted by Crippen LogP contribution is -2.23. The van der Waals surface area contributed by atoms with Gasteiger partial charge in [-0.15, -0.1) is 10.2 Å². The van der Waals surface area contributed by atoms with Crippen molar-refractivity contribution in [3.63, 3.8) is 0 Å². The quantitative estimate of drug-likeness (QED) is 0.571. The molecule has 2 aromatic carbocycles. The molecule has 146 valence electrons. The lowest BCUT2D eigenvalue weighted by molar-refractivity contribution is -0.115. The minimum absolute atomic E-state index is 0.109. The summed E-state index contributed by atoms with van der Waals surface area (Å²) in [5, 5.41) is 10.1. The summed E-state index contributed by atoms with van der Waals surface area (Å²) >= 11 is 1.07. The van der Waals surface area contributed by atoms with Gasteiger partial charge in [0.15, 0.2) is 0 Å². The second-order valence-electron chi connectivity index (χ2n) is 5.87. The Morgan fingerprint density at radius 3 is 2.71 bits per heavy atom. The molecule has 0 saturated carbocycles. The summed E-state index contributed by atoms with van der Waals surface area (Å²) in [7, 11) is 0. The third-order valence-corrected chi connectivity index (χ3v) is 4.61. The van der Waals surface area contributed by atoms with Crippen LogP contribution in [0.1, 0.15) is 12.5 Å². The summed E-state index contributed by atoms with van der Waals surface area (Å²) < 4.78 is 35.0. The third kappa shape index (κ3) is 5.07. The smallest absolute Gasteiger partial charge is 0.387 e. The number of amides is 1. The van der Waals surface area contributed by atoms with Gasteiger partial charge in [0.1, 0.15) is 5.75 Å². The van der Waals surface area contributed by atoms with Crippen molar-refractivity contribution in [2.75, 3.05) is 5.32 Å². The molecular weight excluding hydrogens is 388 g/mol. The van der Waals surface area contributed by atoms with E-state index in [-0.39, 0.29) is 16.7 Å². The number of nitrogens with one attached hydrogen (secondary N) is 1. The Bertz CT molecular complexity index is 965. The average molecular weight is 405 g/mol. The molecule has 6 nitrogen and oxygen atoms in total. The van der Waals surface area contributed by atoms with Crippen LogP contribution in [0.25, 0.3) is 11.5 Å². The first-order valence-electron chi connectivity index (χ1n) is 8.34. The zero-order valence-corrected chi connectivity index (χ0v) is 15.9. The normalized spacial score (nSPS) is 12.0. The van der Waals surface area contributed by atoms with Crippen LogP contribution in [0, 0.1) is 6.92 Å². The average Bonchev–Trinajstić information content (AvgIpc) is 3.11. The number of benzene rings is 2. The number of ether oxygens (including phenoxy) is 1. The molecule has 1 N–H and O–H groups in total. The van der Waals surface area contributed by atoms with E-state index in [2.05, 4.69) is 20.3 Å². The highest BCUT2D eigenvalue weighted by atomic mass is 32.2. The Morgan fingerprint density at radius 1 is 1.18 bits per heavy atom. The number of alkyl halides is 2. The molecule has 28 heavy (non-hydrogen) atoms. The number of rotatable bonds is 7. The number of thioether (sulfide) groups is 1. The van der Waals surface area contributed by atoms with Crippen LogP contribution in [0.15, 0.2) is 58.2 Å². The first kappa shape index (κ1) is 19.8. The summed E-state index contributed by atoms with van der Waals surface area (Å²) in [4.78, 5) is 12.4. The Morgan fingerprint density at radius 2 is 1.96 bits per heavy atom. The van der Waals surface area contributed by atoms with Gasteiger partial charge in [0.2, 0.25) is 11.8 Å². The molecule has 1 atom stereocenters. The van der Waals surface area contributed by atoms with Gasteiger partial charge in [0.25, 0.3) is 5.22 Å². The van der Waals surface area contributed by atoms with Crippen LogP contribution >= 0.6 is 11.8 Å². The largest absolute Gasteiger partial charge is 0.433 e. The molecular formula is C19H17F2N3O3S. The van der Waals surface area contributed by atoms with Crippen molar-refractivity contribution in [2.24, 2.45) is 0 Å². The number of anilines is 1. The minimum Gasteiger partial charge on any atom is -0.433 e. The maximum atomic E-state index is 12.5. The standard InChI is InChI=1S/C19H17F2N3O3S/c1-11-6-5-7-13(10-11)17-23-24-19(27-17)28-12(2)16(25)22-14-8-3-4-9-15(14)26-18(20)21/h3-10,12,18H,1-2H3,(H,22,25)/t12-/m1/s1. The van der Waals surface area contributed by atoms with Gasteiger partial charge < -0.3 is 14.5 Å². The highest BCUT2D eigenvalue weighted by Crippen LogP contribution is 2.29. The van der Waals surface area contributed by atoms with Gasteiger partial charge in [-0.1, -0.05) is 41.6 Å². The van der Waals surface area contributed by atoms with E-state index >= 15 is 0 Å². The molecule has 1 heterocycles. The molecule has 0 fully saturated rings. The van der Waals surface area contributed by atoms with E-state index in [0.717, 1.165) is 22.9 Å². The van der Waals surface area contributed by atoms with Crippen LogP contribution in [0.3, 0.4) is 0 Å². The Balaban J connectivity index is 1.65. The minimum atomic E-state index is -2.98. The van der Waals surface area contributed by atoms with Gasteiger partial charge in [-0.05, 0) is 38.1 Å². The molecule has 3 rings (SSSR count). The van der Waals surface area contributed by atoms with Crippen molar-refractivity contribution >= 4 is 23.4 Å². The van der Waals surface area contributed by atoms with Crippen LogP contribution < -0.4 is 10.1 Å². The van der Waals surface area contributed by atoms with E-state index in [1.165, 1.54) is 18.2 Å². The van der Waals surface area contributed by atoms with Gasteiger partial charge in [0, 0.05) is 5.56 Å². The number of nitrogens with zero attached hydrogens (tertiary/aromatic N) is 2. The number of hydrogen-bond donors (Lipinski definition) is 1. The van der Waals surface area contributed by atoms with Gasteiger partial charge in [-0.25, -0.2) is 0 Å². The fraction of sp³-hybridized carbons (Fsp3) is 0.211. The van der Waals surface area contributed by atoms with Gasteiger partial charge in [-0.2, -0.15) is 8.78 Å². The molecule has 0 unspecified atom stereocenters. The molecule has 9 heteroatoms. The van der Waals surface area contributed by atoms with E-state index < -0.39 is 17.8 Å². The number of aryl methyl sites for hydroxylation is 1. The number of carbonyl (C=O) groups excluding carboxylic acids is 1. The van der Waals surface area contributed by atoms with E-state index in [0.29, 0.717) is 5.89 Å². The zero-order chi connectivity index (χ0) is 20.1. The molecule has 0 saturated heterocycles. The SMILES string of the molecule is Cc1cccc(-c2nnc(S[C@H](C)C(=O)Nc3ccccc3OC(F)F)o2)c1. The van der Waals surface area contributed by atoms with E-state index in [1.54, 1.807) is 13.0 Å². The lowest BCUT2D eigenvalue weighted by Gasteiger charge is -2.13. The Labute approximate surface area is 164 Å². The lowest BCUT2D eigenvalue weighted by atomic mass is 10.1. The number of para-hydroxylation sites is 2. The number of hydrogen-bond acceptors (Lipinski definition) is 6. The summed E-state index contributed by atoms with van der Waals surface area (Å²) in [6.45, 7) is 0.619. The monoisotopic (exact) mass is 405 g/mol. The zero-order valence-electron chi connectivity index (χ0n) is 15.1. The van der Waals surface area contributed by atoms with Crippen LogP contribution in [0.5, 0.6) is 5.75 Å². The number of carbonyl (C=O) groups is 1. The fourth-order valence-electron chi connectivity index (χ4n) is 2.36. The van der Waals surface area contributed by atoms with Crippen molar-refractivity contribution in [1.29, 1.82) is 0 Å². The highest BCUT2D eigenvalue weighted by molar-refractivity contribution is 8.00. The molecule has 0 aliphatic heterocycles. The first-order chi connectivity index (χ1) is 13.4. The van der Waals surface area contributed by atoms with E-state index in [9.17, 15) is 13.6 Å². The molecule has 0 spiro atoms. The van der Waals surface area contributed by atoms with Crippen LogP contribution in [0.4, 0.5) is 14.5 Å². The van der Waals surface area contributed by atoms with Crippen molar-refractivity contribution in [3.05, 3.63) is 54.1 Å². The van der Waals surface area contributed by atoms with E-state index in [1.807, 2.05) is 31.2 Å². The summed E-state index contributed by atoms with van der Waals surface area (Å²) in [6.07, 6.45) is 0. The van der Waals surface area contributed by atoms with Crippen LogP contribution in [-0.4, -0.2) is 28.0 Å². The molecule has 0 bridgehead atoms. The number of halogens is 2. The summed E-state index contributed by atoms with van der Waals surface area (Å²) in [6, 6.07) is 13.6. The highest BCUT2D eigenvalue weighted by Gasteiger charge is 2.20. The molecule has 0 aliphatic carbocycles. The summed E-state index contributed by atoms with van der Waals surface area (Å²) in [5.41, 5.74) is 2.00. The molecule has 0 radical (unpaired) electrons. The van der Waals surface area contributed by atoms with Crippen molar-refractivity contribution in [1.82, 2.24) is 10.2 Å². The fourth-order valence-corrected chi connectivity index (χ4v) is 3.04. The molecule has 0 aliphatic rings. The second-order valence-corrected chi connectivity index (χ2v) is 7.16. The molecule has 3 aromatic rings. The van der Waals surface area contributed by atoms with Crippen LogP contribution in [0.2, 0.25) is 0 Å². The first-order valence-corrected chi connectivity index (χ1v) is 9.22. The van der Waals surface area contributed by atoms with Gasteiger partial charge in [0.05, 0.1) is 10.9 Å². The Hall–Kier alpha value is -2.94. The second kappa shape index (κ2) is 8.83. The molecule has 1 aromatic heterocycles. The number of aromatic nitrogens is 2. The topological polar surface area (TPSA) is 77.2 Å². The predicted molar refractivity (Wildman–Crippen MR) is 101 cm³/mol. The van der Waals surface area contributed by atoms with Crippen molar-refractivity contribution in [2.45, 2.75) is 30.9 Å².